The molecule has 0 radical (unpaired) electrons. The minimum absolute atomic E-state index is 0.0930. The molecule has 3 aromatic rings. The molecule has 0 unspecified atom stereocenters. The zero-order valence-corrected chi connectivity index (χ0v) is 34.1. The molecule has 0 bridgehead atoms. The maximum Gasteiger partial charge on any atom is 0.410 e. The van der Waals surface area contributed by atoms with Crippen molar-refractivity contribution >= 4 is 11.8 Å². The van der Waals surface area contributed by atoms with Crippen molar-refractivity contribution in [1.82, 2.24) is 4.90 Å². The van der Waals surface area contributed by atoms with Gasteiger partial charge in [0.2, 0.25) is 5.79 Å². The first-order valence-corrected chi connectivity index (χ1v) is 20.9. The lowest BCUT2D eigenvalue weighted by Crippen LogP contribution is -2.70. The van der Waals surface area contributed by atoms with Gasteiger partial charge in [-0.1, -0.05) is 85.6 Å². The normalized spacial score (nSPS) is 23.8. The average Bonchev–Trinajstić information content (AvgIpc) is 3.24. The Morgan fingerprint density at radius 1 is 0.948 bits per heavy atom. The summed E-state index contributed by atoms with van der Waals surface area (Å²) in [5, 5.41) is 24.4. The second-order valence-corrected chi connectivity index (χ2v) is 15.3. The quantitative estimate of drug-likeness (QED) is 0.0622. The molecule has 6 atom stereocenters. The summed E-state index contributed by atoms with van der Waals surface area (Å²) in [6.45, 7) is 10.9. The summed E-state index contributed by atoms with van der Waals surface area (Å²) in [7, 11) is 1.55. The Morgan fingerprint density at radius 3 is 2.36 bits per heavy atom. The number of hydrogen-bond acceptors (Lipinski definition) is 9. The summed E-state index contributed by atoms with van der Waals surface area (Å²) in [5.41, 5.74) is 4.93. The molecule has 1 heterocycles. The van der Waals surface area contributed by atoms with Gasteiger partial charge in [-0.15, -0.1) is 13.2 Å². The first-order valence-electron chi connectivity index (χ1n) is 20.9. The van der Waals surface area contributed by atoms with Crippen LogP contribution in [0.15, 0.2) is 115 Å². The summed E-state index contributed by atoms with van der Waals surface area (Å²) in [4.78, 5) is 21.4. The van der Waals surface area contributed by atoms with E-state index in [9.17, 15) is 15.0 Å². The van der Waals surface area contributed by atoms with Crippen LogP contribution in [0.25, 0.3) is 11.1 Å². The van der Waals surface area contributed by atoms with Gasteiger partial charge < -0.3 is 34.0 Å². The molecule has 1 amide bonds. The number of carbonyl (C=O) groups excluding carboxylic acids is 1. The highest BCUT2D eigenvalue weighted by atomic mass is 16.7. The monoisotopic (exact) mass is 792 g/mol. The highest BCUT2D eigenvalue weighted by Gasteiger charge is 2.65. The molecule has 1 aliphatic heterocycles. The van der Waals surface area contributed by atoms with Crippen LogP contribution in [0.2, 0.25) is 0 Å². The molecule has 3 aromatic carbocycles. The van der Waals surface area contributed by atoms with Gasteiger partial charge in [-0.05, 0) is 97.4 Å². The first-order chi connectivity index (χ1) is 28.4. The highest BCUT2D eigenvalue weighted by molar-refractivity contribution is 6.03. The number of allylic oxidation sites excluding steroid dienone is 1. The van der Waals surface area contributed by atoms with E-state index in [0.717, 1.165) is 53.7 Å². The fourth-order valence-electron chi connectivity index (χ4n) is 9.23. The molecule has 10 nitrogen and oxygen atoms in total. The Balaban J connectivity index is 1.51. The Bertz CT molecular complexity index is 1880. The minimum Gasteiger partial charge on any atom is -0.459 e. The second-order valence-electron chi connectivity index (χ2n) is 15.3. The number of aliphatic hydroxyl groups is 2. The molecule has 2 N–H and O–H groups in total. The van der Waals surface area contributed by atoms with E-state index in [-0.39, 0.29) is 44.2 Å². The van der Waals surface area contributed by atoms with Crippen LogP contribution < -0.4 is 9.47 Å². The fourth-order valence-corrected chi connectivity index (χ4v) is 9.23. The van der Waals surface area contributed by atoms with Crippen LogP contribution in [0.1, 0.15) is 76.2 Å². The van der Waals surface area contributed by atoms with Crippen LogP contribution >= 0.6 is 0 Å². The summed E-state index contributed by atoms with van der Waals surface area (Å²) < 4.78 is 26.7. The fraction of sp³-hybridized carbons (Fsp3) is 0.458. The third kappa shape index (κ3) is 9.35. The predicted molar refractivity (Wildman–Crippen MR) is 227 cm³/mol. The first kappa shape index (κ1) is 42.7. The van der Waals surface area contributed by atoms with Gasteiger partial charge >= 0.3 is 6.09 Å². The van der Waals surface area contributed by atoms with E-state index >= 15 is 0 Å². The van der Waals surface area contributed by atoms with Crippen molar-refractivity contribution in [1.29, 1.82) is 0 Å². The molecule has 0 saturated heterocycles. The molecule has 2 aliphatic carbocycles. The van der Waals surface area contributed by atoms with Gasteiger partial charge in [0.05, 0.1) is 24.8 Å². The van der Waals surface area contributed by atoms with E-state index in [1.165, 1.54) is 0 Å². The molecule has 58 heavy (non-hydrogen) atoms. The molecular formula is C48H60N2O8. The number of carbonyl (C=O) groups is 1. The number of rotatable bonds is 21. The molecule has 10 heteroatoms. The lowest BCUT2D eigenvalue weighted by Gasteiger charge is -2.59. The summed E-state index contributed by atoms with van der Waals surface area (Å²) in [5.74, 6) is 0.327. The van der Waals surface area contributed by atoms with Crippen LogP contribution in [0.4, 0.5) is 4.79 Å². The number of oxime groups is 1. The SMILES string of the molecule is C=CCCOC(=O)N(CCC)[C@H]1CC(=NOC)C2=C[C@H](CCCCO)[C@@H](CCCCO)[C@@H]3c4cc(Oc5ccc(-c6ccccc6)cc5)ccc4O[C@@]1(OCC=C)[C@H]23. The number of benzene rings is 3. The standard InChI is InChI=1S/C48H60N2O8/c1-5-8-30-55-47(53)50(26-6-2)44-33-42(49-54-4)40-31-36(18-12-14-27-51)39(19-13-15-28-52)45-41-32-38(24-25-43(41)58-48(44,46(40)45)56-29-7-3)57-37-22-20-35(21-23-37)34-16-10-9-11-17-34/h5,7,9-11,16-17,20-25,31-32,36,39,44-46,51-52H,1,3,6,8,12-15,18-19,26-30,33H2,2,4H3/t36-,39+,44-,45+,46+,48+/m0/s1. The van der Waals surface area contributed by atoms with Crippen molar-refractivity contribution in [2.24, 2.45) is 22.9 Å². The Labute approximate surface area is 343 Å². The molecule has 3 aliphatic rings. The number of unbranched alkanes of at least 4 members (excludes halogenated alkanes) is 2. The number of amides is 1. The molecule has 0 spiro atoms. The van der Waals surface area contributed by atoms with Gasteiger partial charge in [-0.3, -0.25) is 4.90 Å². The molecule has 1 fully saturated rings. The van der Waals surface area contributed by atoms with Crippen LogP contribution in [-0.2, 0) is 14.3 Å². The van der Waals surface area contributed by atoms with Crippen LogP contribution in [-0.4, -0.2) is 78.8 Å². The third-order valence-corrected chi connectivity index (χ3v) is 11.7. The van der Waals surface area contributed by atoms with Crippen molar-refractivity contribution in [3.63, 3.8) is 0 Å². The van der Waals surface area contributed by atoms with Crippen LogP contribution in [0.5, 0.6) is 17.2 Å². The second kappa shape index (κ2) is 20.7. The summed E-state index contributed by atoms with van der Waals surface area (Å²) >= 11 is 0. The Morgan fingerprint density at radius 2 is 1.67 bits per heavy atom. The van der Waals surface area contributed by atoms with Crippen LogP contribution in [0, 0.1) is 17.8 Å². The van der Waals surface area contributed by atoms with Crippen molar-refractivity contribution in [2.45, 2.75) is 82.5 Å². The summed E-state index contributed by atoms with van der Waals surface area (Å²) in [6, 6.07) is 23.7. The van der Waals surface area contributed by atoms with Crippen molar-refractivity contribution < 1.29 is 38.8 Å². The van der Waals surface area contributed by atoms with Crippen LogP contribution in [0.3, 0.4) is 0 Å². The van der Waals surface area contributed by atoms with E-state index in [2.05, 4.69) is 54.7 Å². The number of aliphatic hydroxyl groups excluding tert-OH is 2. The Hall–Kier alpha value is -4.90. The van der Waals surface area contributed by atoms with Gasteiger partial charge in [-0.25, -0.2) is 4.79 Å². The van der Waals surface area contributed by atoms with Gasteiger partial charge in [-0.2, -0.15) is 0 Å². The van der Waals surface area contributed by atoms with E-state index < -0.39 is 23.8 Å². The Kier molecular flexibility index (Phi) is 15.2. The van der Waals surface area contributed by atoms with Crippen molar-refractivity contribution in [3.8, 4) is 28.4 Å². The minimum atomic E-state index is -1.35. The number of ether oxygens (including phenoxy) is 4. The largest absolute Gasteiger partial charge is 0.459 e. The molecular weight excluding hydrogens is 733 g/mol. The average molecular weight is 793 g/mol. The van der Waals surface area contributed by atoms with Crippen molar-refractivity contribution in [2.75, 3.05) is 40.1 Å². The maximum absolute atomic E-state index is 14.1. The van der Waals surface area contributed by atoms with Gasteiger partial charge in [0.25, 0.3) is 0 Å². The van der Waals surface area contributed by atoms with Crippen molar-refractivity contribution in [3.05, 3.63) is 115 Å². The topological polar surface area (TPSA) is 119 Å². The molecule has 0 aromatic heterocycles. The molecule has 6 rings (SSSR count). The van der Waals surface area contributed by atoms with E-state index in [1.807, 2.05) is 49.4 Å². The smallest absolute Gasteiger partial charge is 0.410 e. The highest BCUT2D eigenvalue weighted by Crippen LogP contribution is 2.62. The van der Waals surface area contributed by atoms with E-state index in [4.69, 9.17) is 23.8 Å². The maximum atomic E-state index is 14.1. The van der Waals surface area contributed by atoms with E-state index in [0.29, 0.717) is 55.9 Å². The van der Waals surface area contributed by atoms with Gasteiger partial charge in [0.1, 0.15) is 30.4 Å². The zero-order chi connectivity index (χ0) is 40.9. The van der Waals surface area contributed by atoms with Gasteiger partial charge in [0.15, 0.2) is 0 Å². The third-order valence-electron chi connectivity index (χ3n) is 11.7. The molecule has 310 valence electrons. The lowest BCUT2D eigenvalue weighted by atomic mass is 9.55. The van der Waals surface area contributed by atoms with E-state index in [1.54, 1.807) is 24.2 Å². The number of fused-ring (bicyclic) bond motifs is 2. The molecule has 1 saturated carbocycles. The lowest BCUT2D eigenvalue weighted by molar-refractivity contribution is -0.255. The zero-order valence-electron chi connectivity index (χ0n) is 34.1. The predicted octanol–water partition coefficient (Wildman–Crippen LogP) is 9.83. The van der Waals surface area contributed by atoms with Gasteiger partial charge in [0, 0.05) is 37.7 Å². The number of nitrogens with zero attached hydrogens (tertiary/aromatic N) is 2. The number of hydrogen-bond donors (Lipinski definition) is 2. The summed E-state index contributed by atoms with van der Waals surface area (Å²) in [6.07, 6.45) is 11.6.